The number of carbonyl (C=O) groups is 1. The van der Waals surface area contributed by atoms with Crippen molar-refractivity contribution in [1.82, 2.24) is 20.1 Å². The summed E-state index contributed by atoms with van der Waals surface area (Å²) in [7, 11) is 0. The Labute approximate surface area is 122 Å². The molecule has 1 amide bonds. The topological polar surface area (TPSA) is 95.1 Å². The summed E-state index contributed by atoms with van der Waals surface area (Å²) in [6.07, 6.45) is 3.25. The number of aryl methyl sites for hydroxylation is 1. The predicted octanol–water partition coefficient (Wildman–Crippen LogP) is 0.336. The molecule has 1 fully saturated rings. The van der Waals surface area contributed by atoms with Crippen molar-refractivity contribution in [3.8, 4) is 5.69 Å². The summed E-state index contributed by atoms with van der Waals surface area (Å²) in [6.45, 7) is 4.09. The molecule has 3 N–H and O–H groups in total. The minimum Gasteiger partial charge on any atom is -0.369 e. The van der Waals surface area contributed by atoms with Gasteiger partial charge in [-0.2, -0.15) is 5.10 Å². The standard InChI is InChI=1S/C14H17N5O2/c1-9-6-18-19(13(9)14(15)20)10-2-3-11(17-7-10)12-8-16-4-5-21-12/h2-3,6-7,12,16H,4-5,8H2,1H3,(H2,15,20)/t12-/m1/s1. The van der Waals surface area contributed by atoms with Crippen molar-refractivity contribution in [2.24, 2.45) is 5.73 Å². The third-order valence-electron chi connectivity index (χ3n) is 3.46. The number of rotatable bonds is 3. The molecule has 1 aliphatic heterocycles. The minimum atomic E-state index is -0.506. The van der Waals surface area contributed by atoms with E-state index in [0.717, 1.165) is 24.3 Å². The highest BCUT2D eigenvalue weighted by atomic mass is 16.5. The van der Waals surface area contributed by atoms with Gasteiger partial charge in [0.1, 0.15) is 11.8 Å². The highest BCUT2D eigenvalue weighted by molar-refractivity contribution is 5.93. The van der Waals surface area contributed by atoms with E-state index in [1.807, 2.05) is 12.1 Å². The fourth-order valence-corrected chi connectivity index (χ4v) is 2.39. The monoisotopic (exact) mass is 287 g/mol. The van der Waals surface area contributed by atoms with Crippen molar-refractivity contribution < 1.29 is 9.53 Å². The molecular weight excluding hydrogens is 270 g/mol. The number of morpholine rings is 1. The smallest absolute Gasteiger partial charge is 0.267 e. The van der Waals surface area contributed by atoms with Gasteiger partial charge in [0.25, 0.3) is 5.91 Å². The van der Waals surface area contributed by atoms with Gasteiger partial charge >= 0.3 is 0 Å². The van der Waals surface area contributed by atoms with E-state index >= 15 is 0 Å². The van der Waals surface area contributed by atoms with E-state index in [1.165, 1.54) is 4.68 Å². The van der Waals surface area contributed by atoms with Gasteiger partial charge in [0.2, 0.25) is 0 Å². The quantitative estimate of drug-likeness (QED) is 0.848. The second-order valence-corrected chi connectivity index (χ2v) is 4.96. The lowest BCUT2D eigenvalue weighted by Gasteiger charge is -2.23. The van der Waals surface area contributed by atoms with Gasteiger partial charge in [-0.25, -0.2) is 4.68 Å². The van der Waals surface area contributed by atoms with Crippen LogP contribution < -0.4 is 11.1 Å². The van der Waals surface area contributed by atoms with Crippen LogP contribution >= 0.6 is 0 Å². The van der Waals surface area contributed by atoms with Crippen LogP contribution in [0.3, 0.4) is 0 Å². The maximum Gasteiger partial charge on any atom is 0.267 e. The van der Waals surface area contributed by atoms with Crippen LogP contribution in [0, 0.1) is 6.92 Å². The van der Waals surface area contributed by atoms with E-state index in [-0.39, 0.29) is 6.10 Å². The molecule has 7 heteroatoms. The molecule has 0 saturated carbocycles. The molecule has 3 heterocycles. The zero-order valence-electron chi connectivity index (χ0n) is 11.7. The van der Waals surface area contributed by atoms with Crippen molar-refractivity contribution in [1.29, 1.82) is 0 Å². The lowest BCUT2D eigenvalue weighted by Crippen LogP contribution is -2.33. The average Bonchev–Trinajstić information content (AvgIpc) is 2.90. The Morgan fingerprint density at radius 1 is 1.48 bits per heavy atom. The summed E-state index contributed by atoms with van der Waals surface area (Å²) in [6, 6.07) is 3.74. The summed E-state index contributed by atoms with van der Waals surface area (Å²) in [5.74, 6) is -0.506. The summed E-state index contributed by atoms with van der Waals surface area (Å²) in [5.41, 5.74) is 8.07. The van der Waals surface area contributed by atoms with Crippen LogP contribution in [-0.2, 0) is 4.74 Å². The number of hydrogen-bond acceptors (Lipinski definition) is 5. The largest absolute Gasteiger partial charge is 0.369 e. The molecule has 0 radical (unpaired) electrons. The molecule has 0 aliphatic carbocycles. The first-order valence-electron chi connectivity index (χ1n) is 6.80. The van der Waals surface area contributed by atoms with Crippen molar-refractivity contribution in [3.05, 3.63) is 41.5 Å². The number of carbonyl (C=O) groups excluding carboxylic acids is 1. The van der Waals surface area contributed by atoms with E-state index in [4.69, 9.17) is 10.5 Å². The van der Waals surface area contributed by atoms with Crippen LogP contribution in [0.5, 0.6) is 0 Å². The first-order valence-corrected chi connectivity index (χ1v) is 6.80. The van der Waals surface area contributed by atoms with Gasteiger partial charge in [0.15, 0.2) is 0 Å². The van der Waals surface area contributed by atoms with Gasteiger partial charge in [-0.3, -0.25) is 9.78 Å². The molecule has 1 atom stereocenters. The Kier molecular flexibility index (Phi) is 3.68. The average molecular weight is 287 g/mol. The molecule has 21 heavy (non-hydrogen) atoms. The highest BCUT2D eigenvalue weighted by Crippen LogP contribution is 2.19. The second-order valence-electron chi connectivity index (χ2n) is 4.96. The molecule has 1 aliphatic rings. The van der Waals surface area contributed by atoms with Crippen LogP contribution in [0.4, 0.5) is 0 Å². The summed E-state index contributed by atoms with van der Waals surface area (Å²) >= 11 is 0. The van der Waals surface area contributed by atoms with E-state index in [1.54, 1.807) is 19.3 Å². The number of hydrogen-bond donors (Lipinski definition) is 2. The Bertz CT molecular complexity index is 644. The van der Waals surface area contributed by atoms with Gasteiger partial charge < -0.3 is 15.8 Å². The lowest BCUT2D eigenvalue weighted by molar-refractivity contribution is 0.0250. The lowest BCUT2D eigenvalue weighted by atomic mass is 10.2. The van der Waals surface area contributed by atoms with Gasteiger partial charge in [-0.1, -0.05) is 0 Å². The summed E-state index contributed by atoms with van der Waals surface area (Å²) in [5, 5.41) is 7.44. The SMILES string of the molecule is Cc1cnn(-c2ccc([C@H]3CNCCO3)nc2)c1C(N)=O. The Morgan fingerprint density at radius 2 is 2.33 bits per heavy atom. The molecule has 1 saturated heterocycles. The fourth-order valence-electron chi connectivity index (χ4n) is 2.39. The Morgan fingerprint density at radius 3 is 2.95 bits per heavy atom. The van der Waals surface area contributed by atoms with Gasteiger partial charge in [0, 0.05) is 18.7 Å². The van der Waals surface area contributed by atoms with E-state index < -0.39 is 5.91 Å². The molecule has 110 valence electrons. The van der Waals surface area contributed by atoms with Crippen molar-refractivity contribution in [2.75, 3.05) is 19.7 Å². The zero-order chi connectivity index (χ0) is 14.8. The second kappa shape index (κ2) is 5.63. The van der Waals surface area contributed by atoms with Crippen LogP contribution in [0.2, 0.25) is 0 Å². The number of amides is 1. The number of pyridine rings is 1. The molecule has 2 aromatic rings. The minimum absolute atomic E-state index is 0.0391. The van der Waals surface area contributed by atoms with Crippen LogP contribution in [0.1, 0.15) is 27.8 Å². The number of nitrogens with zero attached hydrogens (tertiary/aromatic N) is 3. The maximum atomic E-state index is 11.5. The fraction of sp³-hybridized carbons (Fsp3) is 0.357. The molecule has 0 unspecified atom stereocenters. The van der Waals surface area contributed by atoms with E-state index in [2.05, 4.69) is 15.4 Å². The first-order chi connectivity index (χ1) is 10.2. The number of aromatic nitrogens is 3. The van der Waals surface area contributed by atoms with Crippen LogP contribution in [0.25, 0.3) is 5.69 Å². The molecular formula is C14H17N5O2. The number of primary amides is 1. The summed E-state index contributed by atoms with van der Waals surface area (Å²) < 4.78 is 7.16. The third kappa shape index (κ3) is 2.65. The number of nitrogens with two attached hydrogens (primary N) is 1. The van der Waals surface area contributed by atoms with Gasteiger partial charge in [-0.15, -0.1) is 0 Å². The van der Waals surface area contributed by atoms with Crippen molar-refractivity contribution >= 4 is 5.91 Å². The first kappa shape index (κ1) is 13.7. The molecule has 3 rings (SSSR count). The predicted molar refractivity (Wildman–Crippen MR) is 76.2 cm³/mol. The number of nitrogens with one attached hydrogen (secondary N) is 1. The Hall–Kier alpha value is -2.25. The number of ether oxygens (including phenoxy) is 1. The molecule has 0 spiro atoms. The third-order valence-corrected chi connectivity index (χ3v) is 3.46. The molecule has 7 nitrogen and oxygen atoms in total. The molecule has 0 aromatic carbocycles. The van der Waals surface area contributed by atoms with Crippen LogP contribution in [0.15, 0.2) is 24.5 Å². The molecule has 2 aromatic heterocycles. The summed E-state index contributed by atoms with van der Waals surface area (Å²) in [4.78, 5) is 15.9. The maximum absolute atomic E-state index is 11.5. The van der Waals surface area contributed by atoms with Crippen molar-refractivity contribution in [2.45, 2.75) is 13.0 Å². The normalized spacial score (nSPS) is 18.6. The van der Waals surface area contributed by atoms with E-state index in [0.29, 0.717) is 18.0 Å². The Balaban J connectivity index is 1.89. The van der Waals surface area contributed by atoms with Crippen LogP contribution in [-0.4, -0.2) is 40.4 Å². The molecule has 0 bridgehead atoms. The van der Waals surface area contributed by atoms with Gasteiger partial charge in [-0.05, 0) is 19.1 Å². The van der Waals surface area contributed by atoms with Gasteiger partial charge in [0.05, 0.1) is 30.4 Å². The van der Waals surface area contributed by atoms with Crippen molar-refractivity contribution in [3.63, 3.8) is 0 Å². The highest BCUT2D eigenvalue weighted by Gasteiger charge is 2.18. The zero-order valence-corrected chi connectivity index (χ0v) is 11.7. The van der Waals surface area contributed by atoms with E-state index in [9.17, 15) is 4.79 Å².